The first-order valence-corrected chi connectivity index (χ1v) is 9.31. The van der Waals surface area contributed by atoms with Crippen LogP contribution in [0.1, 0.15) is 11.4 Å². The SMILES string of the molecule is Cc1ccc(NCc2nnnn2-c2ccc(S(C)(=O)=O)cc2)c(F)c1. The van der Waals surface area contributed by atoms with Gasteiger partial charge in [-0.05, 0) is 59.3 Å². The third kappa shape index (κ3) is 3.82. The van der Waals surface area contributed by atoms with Crippen molar-refractivity contribution in [1.29, 1.82) is 0 Å². The minimum atomic E-state index is -3.27. The summed E-state index contributed by atoms with van der Waals surface area (Å²) in [5.41, 5.74) is 1.80. The zero-order valence-corrected chi connectivity index (χ0v) is 14.5. The van der Waals surface area contributed by atoms with E-state index < -0.39 is 9.84 Å². The Hall–Kier alpha value is -2.81. The molecule has 2 aromatic carbocycles. The third-order valence-corrected chi connectivity index (χ3v) is 4.73. The predicted octanol–water partition coefficient (Wildman–Crippen LogP) is 2.13. The predicted molar refractivity (Wildman–Crippen MR) is 90.7 cm³/mol. The van der Waals surface area contributed by atoms with E-state index in [-0.39, 0.29) is 17.3 Å². The van der Waals surface area contributed by atoms with Crippen LogP contribution < -0.4 is 5.32 Å². The fraction of sp³-hybridized carbons (Fsp3) is 0.188. The fourth-order valence-corrected chi connectivity index (χ4v) is 2.92. The summed E-state index contributed by atoms with van der Waals surface area (Å²) in [6.07, 6.45) is 1.14. The summed E-state index contributed by atoms with van der Waals surface area (Å²) in [6.45, 7) is 2.02. The lowest BCUT2D eigenvalue weighted by atomic mass is 10.2. The second kappa shape index (κ2) is 6.60. The van der Waals surface area contributed by atoms with E-state index in [4.69, 9.17) is 0 Å². The smallest absolute Gasteiger partial charge is 0.175 e. The van der Waals surface area contributed by atoms with Crippen LogP contribution in [0.25, 0.3) is 5.69 Å². The van der Waals surface area contributed by atoms with E-state index in [9.17, 15) is 12.8 Å². The number of halogens is 1. The van der Waals surface area contributed by atoms with Crippen molar-refractivity contribution in [3.63, 3.8) is 0 Å². The zero-order valence-electron chi connectivity index (χ0n) is 13.6. The Bertz CT molecular complexity index is 1000. The van der Waals surface area contributed by atoms with Crippen molar-refractivity contribution >= 4 is 15.5 Å². The molecule has 1 heterocycles. The standard InChI is InChI=1S/C16H16FN5O2S/c1-11-3-8-15(14(17)9-11)18-10-16-19-20-21-22(16)12-4-6-13(7-5-12)25(2,23)24/h3-9,18H,10H2,1-2H3. The lowest BCUT2D eigenvalue weighted by Crippen LogP contribution is -2.09. The van der Waals surface area contributed by atoms with E-state index in [0.717, 1.165) is 11.8 Å². The lowest BCUT2D eigenvalue weighted by Gasteiger charge is -2.09. The first kappa shape index (κ1) is 17.0. The molecule has 130 valence electrons. The molecule has 0 aliphatic carbocycles. The molecular weight excluding hydrogens is 345 g/mol. The first-order valence-electron chi connectivity index (χ1n) is 7.42. The van der Waals surface area contributed by atoms with Crippen LogP contribution in [-0.4, -0.2) is 34.9 Å². The van der Waals surface area contributed by atoms with Crippen LogP contribution in [0.5, 0.6) is 0 Å². The van der Waals surface area contributed by atoms with Crippen molar-refractivity contribution < 1.29 is 12.8 Å². The number of nitrogens with zero attached hydrogens (tertiary/aromatic N) is 4. The topological polar surface area (TPSA) is 89.8 Å². The molecule has 0 fully saturated rings. The molecule has 0 unspecified atom stereocenters. The van der Waals surface area contributed by atoms with Gasteiger partial charge in [-0.3, -0.25) is 0 Å². The highest BCUT2D eigenvalue weighted by Gasteiger charge is 2.11. The van der Waals surface area contributed by atoms with Gasteiger partial charge in [-0.2, -0.15) is 4.68 Å². The molecule has 0 amide bonds. The number of anilines is 1. The van der Waals surface area contributed by atoms with Crippen LogP contribution in [0, 0.1) is 12.7 Å². The molecular formula is C16H16FN5O2S. The normalized spacial score (nSPS) is 11.5. The molecule has 7 nitrogen and oxygen atoms in total. The Balaban J connectivity index is 1.81. The van der Waals surface area contributed by atoms with Crippen LogP contribution in [0.4, 0.5) is 10.1 Å². The summed E-state index contributed by atoms with van der Waals surface area (Å²) >= 11 is 0. The number of rotatable bonds is 5. The summed E-state index contributed by atoms with van der Waals surface area (Å²) in [4.78, 5) is 0.214. The highest BCUT2D eigenvalue weighted by Crippen LogP contribution is 2.17. The molecule has 0 aliphatic rings. The molecule has 0 bridgehead atoms. The highest BCUT2D eigenvalue weighted by molar-refractivity contribution is 7.90. The molecule has 0 radical (unpaired) electrons. The average Bonchev–Trinajstić information content (AvgIpc) is 3.02. The van der Waals surface area contributed by atoms with Crippen LogP contribution >= 0.6 is 0 Å². The summed E-state index contributed by atoms with van der Waals surface area (Å²) in [6, 6.07) is 11.1. The van der Waals surface area contributed by atoms with Gasteiger partial charge in [-0.25, -0.2) is 12.8 Å². The number of aryl methyl sites for hydroxylation is 1. The number of benzene rings is 2. The van der Waals surface area contributed by atoms with Gasteiger partial charge in [-0.15, -0.1) is 5.10 Å². The van der Waals surface area contributed by atoms with Crippen LogP contribution in [0.3, 0.4) is 0 Å². The Labute approximate surface area is 144 Å². The van der Waals surface area contributed by atoms with E-state index in [2.05, 4.69) is 20.8 Å². The van der Waals surface area contributed by atoms with Gasteiger partial charge in [-0.1, -0.05) is 6.07 Å². The molecule has 0 atom stereocenters. The van der Waals surface area contributed by atoms with Crippen LogP contribution in [0.15, 0.2) is 47.4 Å². The van der Waals surface area contributed by atoms with E-state index in [1.54, 1.807) is 24.3 Å². The second-order valence-corrected chi connectivity index (χ2v) is 7.63. The van der Waals surface area contributed by atoms with E-state index in [1.165, 1.54) is 22.9 Å². The molecule has 25 heavy (non-hydrogen) atoms. The summed E-state index contributed by atoms with van der Waals surface area (Å²) in [5, 5.41) is 14.4. The zero-order chi connectivity index (χ0) is 18.0. The molecule has 1 aromatic heterocycles. The molecule has 0 saturated heterocycles. The molecule has 1 N–H and O–H groups in total. The van der Waals surface area contributed by atoms with Gasteiger partial charge in [0.2, 0.25) is 0 Å². The quantitative estimate of drug-likeness (QED) is 0.749. The number of sulfone groups is 1. The molecule has 3 rings (SSSR count). The molecule has 0 saturated carbocycles. The average molecular weight is 361 g/mol. The first-order chi connectivity index (χ1) is 11.8. The monoisotopic (exact) mass is 361 g/mol. The van der Waals surface area contributed by atoms with Crippen molar-refractivity contribution in [1.82, 2.24) is 20.2 Å². The molecule has 3 aromatic rings. The van der Waals surface area contributed by atoms with Crippen molar-refractivity contribution in [2.24, 2.45) is 0 Å². The minimum Gasteiger partial charge on any atom is -0.375 e. The van der Waals surface area contributed by atoms with Crippen molar-refractivity contribution in [3.8, 4) is 5.69 Å². The Morgan fingerprint density at radius 2 is 1.88 bits per heavy atom. The summed E-state index contributed by atoms with van der Waals surface area (Å²) < 4.78 is 38.4. The number of hydrogen-bond donors (Lipinski definition) is 1. The lowest BCUT2D eigenvalue weighted by molar-refractivity contribution is 0.602. The van der Waals surface area contributed by atoms with E-state index in [0.29, 0.717) is 17.2 Å². The number of aromatic nitrogens is 4. The number of hydrogen-bond acceptors (Lipinski definition) is 6. The van der Waals surface area contributed by atoms with Gasteiger partial charge in [0.1, 0.15) is 5.82 Å². The van der Waals surface area contributed by atoms with Gasteiger partial charge in [0, 0.05) is 6.26 Å². The van der Waals surface area contributed by atoms with Crippen LogP contribution in [0.2, 0.25) is 0 Å². The van der Waals surface area contributed by atoms with Crippen molar-refractivity contribution in [3.05, 3.63) is 59.7 Å². The maximum atomic E-state index is 13.9. The fourth-order valence-electron chi connectivity index (χ4n) is 2.29. The van der Waals surface area contributed by atoms with Crippen LogP contribution in [-0.2, 0) is 16.4 Å². The Morgan fingerprint density at radius 1 is 1.16 bits per heavy atom. The largest absolute Gasteiger partial charge is 0.375 e. The number of nitrogens with one attached hydrogen (secondary N) is 1. The van der Waals surface area contributed by atoms with Gasteiger partial charge in [0.25, 0.3) is 0 Å². The van der Waals surface area contributed by atoms with Crippen molar-refractivity contribution in [2.75, 3.05) is 11.6 Å². The molecule has 0 spiro atoms. The molecule has 9 heteroatoms. The van der Waals surface area contributed by atoms with E-state index >= 15 is 0 Å². The van der Waals surface area contributed by atoms with Gasteiger partial charge < -0.3 is 5.32 Å². The van der Waals surface area contributed by atoms with Gasteiger partial charge in [0.15, 0.2) is 15.7 Å². The second-order valence-electron chi connectivity index (χ2n) is 5.61. The van der Waals surface area contributed by atoms with Gasteiger partial charge in [0.05, 0.1) is 22.8 Å². The third-order valence-electron chi connectivity index (χ3n) is 3.61. The summed E-state index contributed by atoms with van der Waals surface area (Å²) in [5.74, 6) is 0.114. The highest BCUT2D eigenvalue weighted by atomic mass is 32.2. The van der Waals surface area contributed by atoms with Crippen molar-refractivity contribution in [2.45, 2.75) is 18.4 Å². The Morgan fingerprint density at radius 3 is 2.52 bits per heavy atom. The maximum Gasteiger partial charge on any atom is 0.175 e. The number of tetrazole rings is 1. The van der Waals surface area contributed by atoms with E-state index in [1.807, 2.05) is 6.92 Å². The minimum absolute atomic E-state index is 0.209. The Kier molecular flexibility index (Phi) is 4.49. The summed E-state index contributed by atoms with van der Waals surface area (Å²) in [7, 11) is -3.27. The maximum absolute atomic E-state index is 13.9. The van der Waals surface area contributed by atoms with Gasteiger partial charge >= 0.3 is 0 Å². The molecule has 0 aliphatic heterocycles.